The first kappa shape index (κ1) is 9.30. The van der Waals surface area contributed by atoms with Gasteiger partial charge in [-0.1, -0.05) is 6.07 Å². The highest BCUT2D eigenvalue weighted by Gasteiger charge is 1.95. The van der Waals surface area contributed by atoms with Gasteiger partial charge in [-0.25, -0.2) is 4.98 Å². The van der Waals surface area contributed by atoms with E-state index in [-0.39, 0.29) is 0 Å². The van der Waals surface area contributed by atoms with Gasteiger partial charge in [0, 0.05) is 24.7 Å². The largest absolute Gasteiger partial charge is 0.305 e. The van der Waals surface area contributed by atoms with E-state index in [1.54, 1.807) is 17.5 Å². The molecule has 2 heterocycles. The van der Waals surface area contributed by atoms with Crippen LogP contribution in [0, 0.1) is 0 Å². The normalized spacial score (nSPS) is 10.3. The zero-order valence-corrected chi connectivity index (χ0v) is 8.50. The van der Waals surface area contributed by atoms with Crippen LogP contribution in [0.25, 0.3) is 0 Å². The van der Waals surface area contributed by atoms with Crippen molar-refractivity contribution < 1.29 is 0 Å². The van der Waals surface area contributed by atoms with Gasteiger partial charge in [-0.05, 0) is 12.1 Å². The Bertz CT molecular complexity index is 358. The molecule has 0 bridgehead atoms. The van der Waals surface area contributed by atoms with Gasteiger partial charge in [0.25, 0.3) is 0 Å². The molecule has 2 aromatic rings. The molecule has 0 saturated heterocycles. The fourth-order valence-corrected chi connectivity index (χ4v) is 1.70. The Morgan fingerprint density at radius 1 is 1.14 bits per heavy atom. The topological polar surface area (TPSA) is 37.8 Å². The molecule has 0 aliphatic rings. The summed E-state index contributed by atoms with van der Waals surface area (Å²) in [5.74, 6) is 0. The van der Waals surface area contributed by atoms with E-state index in [0.29, 0.717) is 0 Å². The second-order valence-corrected chi connectivity index (χ2v) is 3.62. The standard InChI is InChI=1S/C10H11N3S/c1-2-4-12-9(3-1)5-11-6-10-7-14-8-13-10/h1-4,7-8,11H,5-6H2. The van der Waals surface area contributed by atoms with Crippen LogP contribution in [0.2, 0.25) is 0 Å². The predicted octanol–water partition coefficient (Wildman–Crippen LogP) is 1.83. The zero-order valence-electron chi connectivity index (χ0n) is 7.68. The minimum absolute atomic E-state index is 0.790. The molecular weight excluding hydrogens is 194 g/mol. The van der Waals surface area contributed by atoms with Gasteiger partial charge in [0.2, 0.25) is 0 Å². The molecule has 0 aliphatic heterocycles. The third-order valence-corrected chi connectivity index (χ3v) is 2.46. The molecule has 2 rings (SSSR count). The number of aromatic nitrogens is 2. The van der Waals surface area contributed by atoms with Crippen molar-refractivity contribution in [1.29, 1.82) is 0 Å². The third kappa shape index (κ3) is 2.61. The second kappa shape index (κ2) is 4.83. The van der Waals surface area contributed by atoms with E-state index < -0.39 is 0 Å². The third-order valence-electron chi connectivity index (χ3n) is 1.82. The fourth-order valence-electron chi connectivity index (χ4n) is 1.15. The fraction of sp³-hybridized carbons (Fsp3) is 0.200. The van der Waals surface area contributed by atoms with E-state index in [2.05, 4.69) is 15.3 Å². The summed E-state index contributed by atoms with van der Waals surface area (Å²) in [5.41, 5.74) is 3.99. The SMILES string of the molecule is c1ccc(CNCc2cscn2)nc1. The second-order valence-electron chi connectivity index (χ2n) is 2.90. The molecular formula is C10H11N3S. The summed E-state index contributed by atoms with van der Waals surface area (Å²) in [6, 6.07) is 5.92. The lowest BCUT2D eigenvalue weighted by atomic mass is 10.3. The summed E-state index contributed by atoms with van der Waals surface area (Å²) in [4.78, 5) is 8.40. The lowest BCUT2D eigenvalue weighted by molar-refractivity contribution is 0.670. The van der Waals surface area contributed by atoms with Gasteiger partial charge in [0.15, 0.2) is 0 Å². The van der Waals surface area contributed by atoms with Crippen LogP contribution in [-0.2, 0) is 13.1 Å². The number of rotatable bonds is 4. The van der Waals surface area contributed by atoms with Crippen LogP contribution in [0.15, 0.2) is 35.3 Å². The van der Waals surface area contributed by atoms with E-state index in [0.717, 1.165) is 24.5 Å². The Hall–Kier alpha value is -1.26. The molecule has 72 valence electrons. The van der Waals surface area contributed by atoms with Gasteiger partial charge in [-0.3, -0.25) is 4.98 Å². The highest BCUT2D eigenvalue weighted by molar-refractivity contribution is 7.07. The maximum absolute atomic E-state index is 4.22. The molecule has 4 heteroatoms. The molecule has 0 atom stereocenters. The molecule has 0 unspecified atom stereocenters. The van der Waals surface area contributed by atoms with E-state index in [1.165, 1.54) is 0 Å². The van der Waals surface area contributed by atoms with Gasteiger partial charge >= 0.3 is 0 Å². The van der Waals surface area contributed by atoms with Crippen molar-refractivity contribution in [3.05, 3.63) is 46.7 Å². The first-order valence-electron chi connectivity index (χ1n) is 4.43. The molecule has 0 spiro atoms. The average Bonchev–Trinajstić information content (AvgIpc) is 2.72. The number of hydrogen-bond donors (Lipinski definition) is 1. The number of nitrogens with one attached hydrogen (secondary N) is 1. The van der Waals surface area contributed by atoms with Crippen molar-refractivity contribution in [1.82, 2.24) is 15.3 Å². The smallest absolute Gasteiger partial charge is 0.0795 e. The van der Waals surface area contributed by atoms with E-state index >= 15 is 0 Å². The van der Waals surface area contributed by atoms with Gasteiger partial charge in [-0.15, -0.1) is 11.3 Å². The van der Waals surface area contributed by atoms with Gasteiger partial charge in [-0.2, -0.15) is 0 Å². The monoisotopic (exact) mass is 205 g/mol. The van der Waals surface area contributed by atoms with Crippen LogP contribution in [0.1, 0.15) is 11.4 Å². The molecule has 0 saturated carbocycles. The van der Waals surface area contributed by atoms with Gasteiger partial charge in [0.1, 0.15) is 0 Å². The minimum Gasteiger partial charge on any atom is -0.305 e. The summed E-state index contributed by atoms with van der Waals surface area (Å²) in [6.45, 7) is 1.60. The molecule has 0 radical (unpaired) electrons. The van der Waals surface area contributed by atoms with Crippen LogP contribution in [0.3, 0.4) is 0 Å². The van der Waals surface area contributed by atoms with Crippen LogP contribution in [-0.4, -0.2) is 9.97 Å². The van der Waals surface area contributed by atoms with Gasteiger partial charge < -0.3 is 5.32 Å². The minimum atomic E-state index is 0.790. The van der Waals surface area contributed by atoms with Crippen molar-refractivity contribution in [3.8, 4) is 0 Å². The van der Waals surface area contributed by atoms with Crippen LogP contribution in [0.4, 0.5) is 0 Å². The van der Waals surface area contributed by atoms with Crippen LogP contribution < -0.4 is 5.32 Å². The Morgan fingerprint density at radius 3 is 2.79 bits per heavy atom. The van der Waals surface area contributed by atoms with Crippen molar-refractivity contribution >= 4 is 11.3 Å². The number of nitrogens with zero attached hydrogens (tertiary/aromatic N) is 2. The van der Waals surface area contributed by atoms with Crippen molar-refractivity contribution in [3.63, 3.8) is 0 Å². The zero-order chi connectivity index (χ0) is 9.64. The summed E-state index contributed by atoms with van der Waals surface area (Å²) in [5, 5.41) is 5.33. The maximum Gasteiger partial charge on any atom is 0.0795 e. The quantitative estimate of drug-likeness (QED) is 0.827. The van der Waals surface area contributed by atoms with Crippen molar-refractivity contribution in [2.75, 3.05) is 0 Å². The first-order chi connectivity index (χ1) is 6.95. The maximum atomic E-state index is 4.22. The molecule has 3 nitrogen and oxygen atoms in total. The molecule has 0 aromatic carbocycles. The summed E-state index contributed by atoms with van der Waals surface area (Å²) in [7, 11) is 0. The summed E-state index contributed by atoms with van der Waals surface area (Å²) < 4.78 is 0. The Kier molecular flexibility index (Phi) is 3.21. The first-order valence-corrected chi connectivity index (χ1v) is 5.37. The average molecular weight is 205 g/mol. The van der Waals surface area contributed by atoms with Crippen molar-refractivity contribution in [2.45, 2.75) is 13.1 Å². The predicted molar refractivity (Wildman–Crippen MR) is 56.9 cm³/mol. The van der Waals surface area contributed by atoms with E-state index in [1.807, 2.05) is 29.1 Å². The highest BCUT2D eigenvalue weighted by atomic mass is 32.1. The Labute approximate surface area is 86.8 Å². The molecule has 2 aromatic heterocycles. The summed E-state index contributed by atoms with van der Waals surface area (Å²) in [6.07, 6.45) is 1.81. The molecule has 0 amide bonds. The Morgan fingerprint density at radius 2 is 2.07 bits per heavy atom. The number of thiazole rings is 1. The molecule has 0 aliphatic carbocycles. The van der Waals surface area contributed by atoms with Crippen LogP contribution >= 0.6 is 11.3 Å². The van der Waals surface area contributed by atoms with Crippen LogP contribution in [0.5, 0.6) is 0 Å². The number of pyridine rings is 1. The number of hydrogen-bond acceptors (Lipinski definition) is 4. The van der Waals surface area contributed by atoms with E-state index in [4.69, 9.17) is 0 Å². The molecule has 1 N–H and O–H groups in total. The summed E-state index contributed by atoms with van der Waals surface area (Å²) >= 11 is 1.62. The Balaban J connectivity index is 1.79. The molecule has 14 heavy (non-hydrogen) atoms. The lowest BCUT2D eigenvalue weighted by Gasteiger charge is -2.01. The van der Waals surface area contributed by atoms with Gasteiger partial charge in [0.05, 0.1) is 16.9 Å². The lowest BCUT2D eigenvalue weighted by Crippen LogP contribution is -2.13. The van der Waals surface area contributed by atoms with Crippen molar-refractivity contribution in [2.24, 2.45) is 0 Å². The highest BCUT2D eigenvalue weighted by Crippen LogP contribution is 2.00. The molecule has 0 fully saturated rings. The van der Waals surface area contributed by atoms with E-state index in [9.17, 15) is 0 Å².